The molecule has 134 valence electrons. The highest BCUT2D eigenvalue weighted by atomic mass is 32.2. The molecule has 0 bridgehead atoms. The van der Waals surface area contributed by atoms with Crippen LogP contribution in [0.5, 0.6) is 0 Å². The average Bonchev–Trinajstić information content (AvgIpc) is 2.86. The van der Waals surface area contributed by atoms with Gasteiger partial charge in [-0.15, -0.1) is 0 Å². The van der Waals surface area contributed by atoms with Gasteiger partial charge in [-0.25, -0.2) is 0 Å². The van der Waals surface area contributed by atoms with Crippen LogP contribution in [0.4, 0.5) is 0 Å². The van der Waals surface area contributed by atoms with Crippen LogP contribution in [-0.4, -0.2) is 26.6 Å². The van der Waals surface area contributed by atoms with E-state index in [9.17, 15) is 13.2 Å². The monoisotopic (exact) mass is 352 g/mol. The maximum absolute atomic E-state index is 11.9. The first-order valence-corrected chi connectivity index (χ1v) is 11.2. The second-order valence-electron chi connectivity index (χ2n) is 8.81. The number of fused-ring (bicyclic) bond motifs is 5. The van der Waals surface area contributed by atoms with Crippen molar-refractivity contribution in [2.75, 3.05) is 6.26 Å². The third kappa shape index (κ3) is 2.78. The number of hydrogen-bond acceptors (Lipinski definition) is 4. The lowest BCUT2D eigenvalue weighted by molar-refractivity contribution is -0.116. The van der Waals surface area contributed by atoms with Crippen LogP contribution >= 0.6 is 0 Å². The summed E-state index contributed by atoms with van der Waals surface area (Å²) >= 11 is 0. The lowest BCUT2D eigenvalue weighted by Gasteiger charge is -2.55. The summed E-state index contributed by atoms with van der Waals surface area (Å²) in [6.45, 7) is 2.40. The fraction of sp³-hybridized carbons (Fsp3) is 0.842. The van der Waals surface area contributed by atoms with Crippen LogP contribution in [0.1, 0.15) is 58.3 Å². The molecule has 0 heterocycles. The second-order valence-corrected chi connectivity index (χ2v) is 10.4. The molecule has 0 aromatic carbocycles. The van der Waals surface area contributed by atoms with Gasteiger partial charge in [-0.05, 0) is 73.7 Å². The normalized spacial score (nSPS) is 45.2. The topological polar surface area (TPSA) is 60.4 Å². The summed E-state index contributed by atoms with van der Waals surface area (Å²) in [4.78, 5) is 11.9. The SMILES string of the molecule is C[C@@]12CCC[C@H]1[C@H]1[C@H](CC2)[C@H]2CCC(=O)C=C2C[C@H]1OS(C)(=O)=O. The number of carbonyl (C=O) groups is 1. The number of carbonyl (C=O) groups excluding carboxylic acids is 1. The number of hydrogen-bond donors (Lipinski definition) is 0. The molecule has 0 saturated heterocycles. The van der Waals surface area contributed by atoms with E-state index in [4.69, 9.17) is 4.18 Å². The molecule has 6 atom stereocenters. The van der Waals surface area contributed by atoms with Crippen molar-refractivity contribution >= 4 is 15.9 Å². The Bertz CT molecular complexity index is 679. The van der Waals surface area contributed by atoms with Gasteiger partial charge in [-0.2, -0.15) is 8.42 Å². The largest absolute Gasteiger partial charge is 0.295 e. The van der Waals surface area contributed by atoms with E-state index in [2.05, 4.69) is 6.92 Å². The zero-order valence-corrected chi connectivity index (χ0v) is 15.5. The zero-order valence-electron chi connectivity index (χ0n) is 14.7. The van der Waals surface area contributed by atoms with E-state index in [1.807, 2.05) is 0 Å². The smallest absolute Gasteiger partial charge is 0.264 e. The first kappa shape index (κ1) is 16.8. The molecule has 0 aromatic heterocycles. The Labute approximate surface area is 145 Å². The predicted octanol–water partition coefficient (Wildman–Crippen LogP) is 3.47. The fourth-order valence-corrected chi connectivity index (χ4v) is 7.12. The molecule has 0 amide bonds. The molecular weight excluding hydrogens is 324 g/mol. The van der Waals surface area contributed by atoms with Crippen LogP contribution in [0.25, 0.3) is 0 Å². The lowest BCUT2D eigenvalue weighted by atomic mass is 9.51. The van der Waals surface area contributed by atoms with Gasteiger partial charge < -0.3 is 0 Å². The molecule has 0 spiro atoms. The third-order valence-electron chi connectivity index (χ3n) is 7.37. The summed E-state index contributed by atoms with van der Waals surface area (Å²) in [6.07, 6.45) is 11.0. The van der Waals surface area contributed by atoms with Crippen molar-refractivity contribution in [2.24, 2.45) is 29.1 Å². The summed E-state index contributed by atoms with van der Waals surface area (Å²) < 4.78 is 29.3. The van der Waals surface area contributed by atoms with E-state index >= 15 is 0 Å². The Morgan fingerprint density at radius 2 is 2.00 bits per heavy atom. The zero-order chi connectivity index (χ0) is 17.1. The van der Waals surface area contributed by atoms with Gasteiger partial charge in [0.2, 0.25) is 0 Å². The number of rotatable bonds is 2. The molecule has 4 rings (SSSR count). The van der Waals surface area contributed by atoms with Crippen LogP contribution < -0.4 is 0 Å². The Morgan fingerprint density at radius 3 is 2.75 bits per heavy atom. The van der Waals surface area contributed by atoms with E-state index in [1.54, 1.807) is 6.08 Å². The summed E-state index contributed by atoms with van der Waals surface area (Å²) in [5.74, 6) is 2.05. The molecule has 0 aromatic rings. The molecule has 3 saturated carbocycles. The van der Waals surface area contributed by atoms with Crippen LogP contribution in [-0.2, 0) is 19.1 Å². The fourth-order valence-electron chi connectivity index (χ4n) is 6.48. The van der Waals surface area contributed by atoms with Crippen molar-refractivity contribution in [3.05, 3.63) is 11.6 Å². The van der Waals surface area contributed by atoms with Crippen molar-refractivity contribution in [2.45, 2.75) is 64.4 Å². The highest BCUT2D eigenvalue weighted by Gasteiger charge is 2.56. The third-order valence-corrected chi connectivity index (χ3v) is 7.97. The van der Waals surface area contributed by atoms with E-state index in [-0.39, 0.29) is 11.9 Å². The molecule has 24 heavy (non-hydrogen) atoms. The van der Waals surface area contributed by atoms with Crippen molar-refractivity contribution in [1.29, 1.82) is 0 Å². The minimum atomic E-state index is -3.49. The molecule has 4 aliphatic carbocycles. The summed E-state index contributed by atoms with van der Waals surface area (Å²) in [6, 6.07) is 0. The average molecular weight is 352 g/mol. The van der Waals surface area contributed by atoms with E-state index < -0.39 is 10.1 Å². The van der Waals surface area contributed by atoms with Crippen LogP contribution in [0.15, 0.2) is 11.6 Å². The summed E-state index contributed by atoms with van der Waals surface area (Å²) in [7, 11) is -3.49. The minimum absolute atomic E-state index is 0.194. The first-order valence-electron chi connectivity index (χ1n) is 9.38. The maximum Gasteiger partial charge on any atom is 0.264 e. The molecule has 0 radical (unpaired) electrons. The Balaban J connectivity index is 1.72. The van der Waals surface area contributed by atoms with Gasteiger partial charge in [0.05, 0.1) is 12.4 Å². The van der Waals surface area contributed by atoms with Crippen molar-refractivity contribution in [3.63, 3.8) is 0 Å². The summed E-state index contributed by atoms with van der Waals surface area (Å²) in [5, 5.41) is 0. The first-order chi connectivity index (χ1) is 11.3. The van der Waals surface area contributed by atoms with E-state index in [0.717, 1.165) is 24.7 Å². The van der Waals surface area contributed by atoms with Gasteiger partial charge in [0.25, 0.3) is 10.1 Å². The van der Waals surface area contributed by atoms with Gasteiger partial charge >= 0.3 is 0 Å². The molecule has 0 aliphatic heterocycles. The number of ketones is 1. The molecule has 0 N–H and O–H groups in total. The predicted molar refractivity (Wildman–Crippen MR) is 91.8 cm³/mol. The van der Waals surface area contributed by atoms with Crippen molar-refractivity contribution < 1.29 is 17.4 Å². The quantitative estimate of drug-likeness (QED) is 0.714. The van der Waals surface area contributed by atoms with E-state index in [0.29, 0.717) is 41.9 Å². The van der Waals surface area contributed by atoms with Gasteiger partial charge in [0.1, 0.15) is 0 Å². The highest BCUT2D eigenvalue weighted by molar-refractivity contribution is 7.86. The molecule has 4 nitrogen and oxygen atoms in total. The van der Waals surface area contributed by atoms with Crippen LogP contribution in [0.2, 0.25) is 0 Å². The Morgan fingerprint density at radius 1 is 1.21 bits per heavy atom. The van der Waals surface area contributed by atoms with Gasteiger partial charge in [0, 0.05) is 6.42 Å². The van der Waals surface area contributed by atoms with Gasteiger partial charge in [0.15, 0.2) is 5.78 Å². The minimum Gasteiger partial charge on any atom is -0.295 e. The molecule has 4 aliphatic rings. The van der Waals surface area contributed by atoms with Gasteiger partial charge in [-0.3, -0.25) is 8.98 Å². The molecule has 3 fully saturated rings. The molecular formula is C19H28O4S. The molecule has 5 heteroatoms. The maximum atomic E-state index is 11.9. The molecule has 0 unspecified atom stereocenters. The second kappa shape index (κ2) is 5.66. The van der Waals surface area contributed by atoms with Crippen LogP contribution in [0.3, 0.4) is 0 Å². The lowest BCUT2D eigenvalue weighted by Crippen LogP contribution is -2.51. The van der Waals surface area contributed by atoms with E-state index in [1.165, 1.54) is 25.7 Å². The standard InChI is InChI=1S/C19H28O4S/c1-19-8-3-4-16(19)18-15(7-9-19)14-6-5-13(20)10-12(14)11-17(18)23-24(2,21)22/h10,14-18H,3-9,11H2,1-2H3/t14-,15+,16-,17+,18+,19-/m0/s1. The van der Waals surface area contributed by atoms with Crippen LogP contribution in [0, 0.1) is 29.1 Å². The van der Waals surface area contributed by atoms with Crippen molar-refractivity contribution in [1.82, 2.24) is 0 Å². The highest BCUT2D eigenvalue weighted by Crippen LogP contribution is 2.62. The Kier molecular flexibility index (Phi) is 3.96. The van der Waals surface area contributed by atoms with Gasteiger partial charge in [-0.1, -0.05) is 18.9 Å². The summed E-state index contributed by atoms with van der Waals surface area (Å²) in [5.41, 5.74) is 1.51. The Hall–Kier alpha value is -0.680. The van der Waals surface area contributed by atoms with Crippen molar-refractivity contribution in [3.8, 4) is 0 Å².